The molecule has 2 N–H and O–H groups in total. The smallest absolute Gasteiger partial charge is 0.307 e. The van der Waals surface area contributed by atoms with Crippen LogP contribution in [0, 0.1) is 23.7 Å². The van der Waals surface area contributed by atoms with Gasteiger partial charge in [-0.25, -0.2) is 5.01 Å². The summed E-state index contributed by atoms with van der Waals surface area (Å²) in [6.07, 6.45) is 4.78. The molecule has 1 heterocycles. The predicted octanol–water partition coefficient (Wildman–Crippen LogP) is -0.212. The maximum atomic E-state index is 12.4. The Morgan fingerprint density at radius 2 is 1.70 bits per heavy atom. The Balaban J connectivity index is 1.64. The van der Waals surface area contributed by atoms with Crippen molar-refractivity contribution in [3.63, 3.8) is 0 Å². The summed E-state index contributed by atoms with van der Waals surface area (Å²) in [4.78, 5) is 26.1. The first-order chi connectivity index (χ1) is 9.56. The zero-order chi connectivity index (χ0) is 14.3. The van der Waals surface area contributed by atoms with Crippen molar-refractivity contribution < 1.29 is 14.7 Å². The lowest BCUT2D eigenvalue weighted by Gasteiger charge is -2.34. The van der Waals surface area contributed by atoms with E-state index in [9.17, 15) is 14.7 Å². The van der Waals surface area contributed by atoms with Crippen LogP contribution in [0.25, 0.3) is 0 Å². The van der Waals surface area contributed by atoms with Gasteiger partial charge in [-0.15, -0.1) is 0 Å². The third kappa shape index (κ3) is 2.33. The van der Waals surface area contributed by atoms with Crippen LogP contribution in [0.2, 0.25) is 0 Å². The van der Waals surface area contributed by atoms with Gasteiger partial charge in [-0.1, -0.05) is 12.2 Å². The lowest BCUT2D eigenvalue weighted by molar-refractivity contribution is -0.149. The van der Waals surface area contributed by atoms with E-state index in [1.807, 2.05) is 17.2 Å². The first-order valence-corrected chi connectivity index (χ1v) is 7.21. The average Bonchev–Trinajstić information content (AvgIpc) is 3.01. The molecule has 6 heteroatoms. The molecule has 3 aliphatic rings. The summed E-state index contributed by atoms with van der Waals surface area (Å²) in [5.41, 5.74) is 2.92. The summed E-state index contributed by atoms with van der Waals surface area (Å²) >= 11 is 0. The molecular formula is C14H21N3O3. The Bertz CT molecular complexity index is 443. The number of carbonyl (C=O) groups excluding carboxylic acids is 1. The normalized spacial score (nSPS) is 37.2. The molecule has 6 nitrogen and oxygen atoms in total. The number of hydrogen-bond acceptors (Lipinski definition) is 4. The van der Waals surface area contributed by atoms with E-state index in [4.69, 9.17) is 0 Å². The summed E-state index contributed by atoms with van der Waals surface area (Å²) in [5.74, 6) is -1.83. The number of likely N-dealkylation sites (N-methyl/N-ethyl adjacent to an activating group) is 1. The average molecular weight is 279 g/mol. The number of aliphatic carboxylic acids is 1. The summed E-state index contributed by atoms with van der Waals surface area (Å²) < 4.78 is 0. The molecule has 1 saturated carbocycles. The van der Waals surface area contributed by atoms with Gasteiger partial charge in [0, 0.05) is 26.2 Å². The van der Waals surface area contributed by atoms with Crippen LogP contribution in [0.15, 0.2) is 12.2 Å². The fraction of sp³-hybridized carbons (Fsp3) is 0.714. The molecule has 2 bridgehead atoms. The topological polar surface area (TPSA) is 72.9 Å². The lowest BCUT2D eigenvalue weighted by Crippen LogP contribution is -2.55. The van der Waals surface area contributed by atoms with Crippen LogP contribution in [-0.2, 0) is 9.59 Å². The van der Waals surface area contributed by atoms with Gasteiger partial charge < -0.3 is 10.0 Å². The minimum Gasteiger partial charge on any atom is -0.481 e. The third-order valence-electron chi connectivity index (χ3n) is 4.82. The number of rotatable bonds is 3. The van der Waals surface area contributed by atoms with Gasteiger partial charge in [0.05, 0.1) is 11.8 Å². The Morgan fingerprint density at radius 3 is 2.30 bits per heavy atom. The number of carboxylic acids is 1. The molecule has 2 aliphatic carbocycles. The van der Waals surface area contributed by atoms with Crippen molar-refractivity contribution in [1.29, 1.82) is 0 Å². The molecule has 0 spiro atoms. The first kappa shape index (κ1) is 13.6. The second-order valence-electron chi connectivity index (χ2n) is 6.10. The molecule has 1 saturated heterocycles. The van der Waals surface area contributed by atoms with E-state index < -0.39 is 17.8 Å². The van der Waals surface area contributed by atoms with E-state index in [2.05, 4.69) is 17.4 Å². The van der Waals surface area contributed by atoms with Crippen LogP contribution in [0.4, 0.5) is 0 Å². The van der Waals surface area contributed by atoms with Crippen molar-refractivity contribution in [3.05, 3.63) is 12.2 Å². The van der Waals surface area contributed by atoms with Gasteiger partial charge in [0.1, 0.15) is 0 Å². The highest BCUT2D eigenvalue weighted by Crippen LogP contribution is 2.48. The number of fused-ring (bicyclic) bond motifs is 2. The zero-order valence-electron chi connectivity index (χ0n) is 11.7. The minimum absolute atomic E-state index is 0.0285. The van der Waals surface area contributed by atoms with E-state index >= 15 is 0 Å². The SMILES string of the molecule is CN1CCN(NC(=O)[C@H]2[C@@H](C(=O)O)[C@H]3C=C[C@H]2C3)CC1. The molecule has 0 aromatic carbocycles. The molecule has 1 aliphatic heterocycles. The fourth-order valence-electron chi connectivity index (χ4n) is 3.66. The summed E-state index contributed by atoms with van der Waals surface area (Å²) in [6, 6.07) is 0. The molecule has 0 unspecified atom stereocenters. The van der Waals surface area contributed by atoms with Gasteiger partial charge in [0.15, 0.2) is 0 Å². The largest absolute Gasteiger partial charge is 0.481 e. The van der Waals surface area contributed by atoms with Gasteiger partial charge in [0.2, 0.25) is 5.91 Å². The Labute approximate surface area is 118 Å². The lowest BCUT2D eigenvalue weighted by atomic mass is 9.82. The number of carboxylic acid groups (broad SMARTS) is 1. The van der Waals surface area contributed by atoms with Crippen LogP contribution in [0.1, 0.15) is 6.42 Å². The van der Waals surface area contributed by atoms with Gasteiger partial charge >= 0.3 is 5.97 Å². The monoisotopic (exact) mass is 279 g/mol. The van der Waals surface area contributed by atoms with E-state index in [1.54, 1.807) is 0 Å². The molecule has 20 heavy (non-hydrogen) atoms. The van der Waals surface area contributed by atoms with E-state index in [1.165, 1.54) is 0 Å². The fourth-order valence-corrected chi connectivity index (χ4v) is 3.66. The number of nitrogens with zero attached hydrogens (tertiary/aromatic N) is 2. The van der Waals surface area contributed by atoms with Crippen molar-refractivity contribution in [2.75, 3.05) is 33.2 Å². The zero-order valence-corrected chi connectivity index (χ0v) is 11.7. The Morgan fingerprint density at radius 1 is 1.10 bits per heavy atom. The standard InChI is InChI=1S/C14H21N3O3/c1-16-4-6-17(7-5-16)15-13(18)11-9-2-3-10(8-9)12(11)14(19)20/h2-3,9-12H,4-8H2,1H3,(H,15,18)(H,19,20)/t9-,10-,11+,12-/m0/s1. The van der Waals surface area contributed by atoms with Crippen molar-refractivity contribution in [1.82, 2.24) is 15.3 Å². The molecule has 3 rings (SSSR count). The van der Waals surface area contributed by atoms with Gasteiger partial charge in [-0.05, 0) is 25.3 Å². The van der Waals surface area contributed by atoms with Crippen molar-refractivity contribution in [2.24, 2.45) is 23.7 Å². The third-order valence-corrected chi connectivity index (χ3v) is 4.82. The summed E-state index contributed by atoms with van der Waals surface area (Å²) in [5, 5.41) is 11.3. The van der Waals surface area contributed by atoms with Gasteiger partial charge in [-0.2, -0.15) is 0 Å². The van der Waals surface area contributed by atoms with Crippen molar-refractivity contribution >= 4 is 11.9 Å². The predicted molar refractivity (Wildman–Crippen MR) is 72.6 cm³/mol. The molecule has 2 fully saturated rings. The summed E-state index contributed by atoms with van der Waals surface area (Å²) in [7, 11) is 2.06. The molecular weight excluding hydrogens is 258 g/mol. The van der Waals surface area contributed by atoms with Crippen LogP contribution >= 0.6 is 0 Å². The molecule has 0 radical (unpaired) electrons. The highest BCUT2D eigenvalue weighted by Gasteiger charge is 2.51. The molecule has 0 aromatic heterocycles. The Hall–Kier alpha value is -1.40. The quantitative estimate of drug-likeness (QED) is 0.699. The van der Waals surface area contributed by atoms with Crippen LogP contribution in [-0.4, -0.2) is 60.1 Å². The van der Waals surface area contributed by atoms with Crippen molar-refractivity contribution in [2.45, 2.75) is 6.42 Å². The number of allylic oxidation sites excluding steroid dienone is 2. The van der Waals surface area contributed by atoms with Crippen LogP contribution in [0.5, 0.6) is 0 Å². The number of piperazine rings is 1. The highest BCUT2D eigenvalue weighted by molar-refractivity contribution is 5.86. The second-order valence-corrected chi connectivity index (χ2v) is 6.10. The number of nitrogens with one attached hydrogen (secondary N) is 1. The second kappa shape index (κ2) is 5.18. The van der Waals surface area contributed by atoms with E-state index in [-0.39, 0.29) is 17.7 Å². The first-order valence-electron chi connectivity index (χ1n) is 7.21. The molecule has 1 amide bonds. The van der Waals surface area contributed by atoms with E-state index in [0.29, 0.717) is 0 Å². The number of carbonyl (C=O) groups is 2. The molecule has 0 aromatic rings. The Kier molecular flexibility index (Phi) is 3.52. The minimum atomic E-state index is -0.847. The van der Waals surface area contributed by atoms with Crippen LogP contribution in [0.3, 0.4) is 0 Å². The van der Waals surface area contributed by atoms with Gasteiger partial charge in [-0.3, -0.25) is 15.0 Å². The van der Waals surface area contributed by atoms with Gasteiger partial charge in [0.25, 0.3) is 0 Å². The number of amides is 1. The van der Waals surface area contributed by atoms with Crippen LogP contribution < -0.4 is 5.43 Å². The maximum Gasteiger partial charge on any atom is 0.307 e. The molecule has 110 valence electrons. The maximum absolute atomic E-state index is 12.4. The van der Waals surface area contributed by atoms with Crippen molar-refractivity contribution in [3.8, 4) is 0 Å². The summed E-state index contributed by atoms with van der Waals surface area (Å²) in [6.45, 7) is 3.41. The highest BCUT2D eigenvalue weighted by atomic mass is 16.4. The van der Waals surface area contributed by atoms with E-state index in [0.717, 1.165) is 32.6 Å². The molecule has 4 atom stereocenters. The number of hydrogen-bond donors (Lipinski definition) is 2. The number of hydrazine groups is 1.